The molecule has 1 heterocycles. The molecule has 1 aliphatic heterocycles. The van der Waals surface area contributed by atoms with Crippen LogP contribution in [0.2, 0.25) is 0 Å². The molecular weight excluding hydrogens is 154 g/mol. The highest BCUT2D eigenvalue weighted by Gasteiger charge is 2.31. The number of nitrogens with zero attached hydrogens (tertiary/aromatic N) is 1. The van der Waals surface area contributed by atoms with Crippen LogP contribution in [0.3, 0.4) is 0 Å². The molecule has 1 N–H and O–H groups in total. The molecule has 0 radical (unpaired) electrons. The minimum atomic E-state index is 0.0763. The topological polar surface area (TPSA) is 40.5 Å². The molecule has 1 fully saturated rings. The molecule has 2 atom stereocenters. The zero-order valence-electron chi connectivity index (χ0n) is 7.79. The van der Waals surface area contributed by atoms with Crippen LogP contribution >= 0.6 is 0 Å². The molecule has 1 amide bonds. The van der Waals surface area contributed by atoms with Gasteiger partial charge >= 0.3 is 0 Å². The van der Waals surface area contributed by atoms with Crippen molar-refractivity contribution in [1.29, 1.82) is 0 Å². The van der Waals surface area contributed by atoms with Gasteiger partial charge in [-0.1, -0.05) is 13.8 Å². The lowest BCUT2D eigenvalue weighted by atomic mass is 10.1. The van der Waals surface area contributed by atoms with Crippen molar-refractivity contribution in [2.24, 2.45) is 5.92 Å². The van der Waals surface area contributed by atoms with Crippen LogP contribution in [-0.4, -0.2) is 35.1 Å². The van der Waals surface area contributed by atoms with E-state index in [1.165, 1.54) is 0 Å². The van der Waals surface area contributed by atoms with Crippen LogP contribution in [0.1, 0.15) is 26.7 Å². The quantitative estimate of drug-likeness (QED) is 0.662. The average molecular weight is 171 g/mol. The molecular formula is C9H17NO2. The fourth-order valence-electron chi connectivity index (χ4n) is 1.83. The van der Waals surface area contributed by atoms with Gasteiger partial charge in [-0.2, -0.15) is 0 Å². The van der Waals surface area contributed by atoms with Crippen LogP contribution < -0.4 is 0 Å². The van der Waals surface area contributed by atoms with Gasteiger partial charge in [0.05, 0.1) is 12.6 Å². The van der Waals surface area contributed by atoms with E-state index in [0.717, 1.165) is 13.0 Å². The van der Waals surface area contributed by atoms with E-state index in [2.05, 4.69) is 6.92 Å². The zero-order valence-corrected chi connectivity index (χ0v) is 7.79. The Morgan fingerprint density at radius 1 is 1.67 bits per heavy atom. The second-order valence-electron chi connectivity index (χ2n) is 3.58. The molecule has 3 heteroatoms. The van der Waals surface area contributed by atoms with Gasteiger partial charge in [-0.3, -0.25) is 4.79 Å². The highest BCUT2D eigenvalue weighted by molar-refractivity contribution is 5.76. The first-order valence-electron chi connectivity index (χ1n) is 4.59. The van der Waals surface area contributed by atoms with Gasteiger partial charge in [-0.15, -0.1) is 0 Å². The maximum atomic E-state index is 11.3. The van der Waals surface area contributed by atoms with E-state index in [1.807, 2.05) is 11.8 Å². The van der Waals surface area contributed by atoms with Gasteiger partial charge in [0.25, 0.3) is 0 Å². The minimum Gasteiger partial charge on any atom is -0.394 e. The van der Waals surface area contributed by atoms with E-state index in [1.54, 1.807) is 0 Å². The summed E-state index contributed by atoms with van der Waals surface area (Å²) < 4.78 is 0. The van der Waals surface area contributed by atoms with Crippen molar-refractivity contribution in [2.45, 2.75) is 32.7 Å². The van der Waals surface area contributed by atoms with Crippen LogP contribution in [0.25, 0.3) is 0 Å². The van der Waals surface area contributed by atoms with Gasteiger partial charge < -0.3 is 10.0 Å². The highest BCUT2D eigenvalue weighted by atomic mass is 16.3. The zero-order chi connectivity index (χ0) is 9.14. The fraction of sp³-hybridized carbons (Fsp3) is 0.889. The van der Waals surface area contributed by atoms with E-state index >= 15 is 0 Å². The summed E-state index contributed by atoms with van der Waals surface area (Å²) in [5.74, 6) is 0.705. The Kier molecular flexibility index (Phi) is 3.09. The summed E-state index contributed by atoms with van der Waals surface area (Å²) in [6, 6.07) is 0.0763. The molecule has 1 aliphatic rings. The Hall–Kier alpha value is -0.570. The molecule has 0 spiro atoms. The van der Waals surface area contributed by atoms with E-state index in [9.17, 15) is 4.79 Å². The third-order valence-electron chi connectivity index (χ3n) is 2.46. The summed E-state index contributed by atoms with van der Waals surface area (Å²) in [5, 5.41) is 9.00. The second-order valence-corrected chi connectivity index (χ2v) is 3.58. The van der Waals surface area contributed by atoms with Gasteiger partial charge in [0, 0.05) is 13.0 Å². The molecule has 1 rings (SSSR count). The van der Waals surface area contributed by atoms with Gasteiger partial charge in [-0.05, 0) is 12.3 Å². The molecule has 0 saturated carbocycles. The molecule has 1 saturated heterocycles. The van der Waals surface area contributed by atoms with Crippen LogP contribution in [0.4, 0.5) is 0 Å². The fourth-order valence-corrected chi connectivity index (χ4v) is 1.83. The average Bonchev–Trinajstić information content (AvgIpc) is 2.45. The van der Waals surface area contributed by atoms with Crippen molar-refractivity contribution in [3.8, 4) is 0 Å². The van der Waals surface area contributed by atoms with Gasteiger partial charge in [0.2, 0.25) is 5.91 Å². The molecule has 3 nitrogen and oxygen atoms in total. The summed E-state index contributed by atoms with van der Waals surface area (Å²) in [5.41, 5.74) is 0. The van der Waals surface area contributed by atoms with Crippen LogP contribution in [0.5, 0.6) is 0 Å². The van der Waals surface area contributed by atoms with Crippen molar-refractivity contribution >= 4 is 5.91 Å². The summed E-state index contributed by atoms with van der Waals surface area (Å²) >= 11 is 0. The van der Waals surface area contributed by atoms with E-state index in [4.69, 9.17) is 5.11 Å². The molecule has 70 valence electrons. The second kappa shape index (κ2) is 3.90. The Bertz CT molecular complexity index is 170. The van der Waals surface area contributed by atoms with Crippen molar-refractivity contribution < 1.29 is 9.90 Å². The van der Waals surface area contributed by atoms with E-state index < -0.39 is 0 Å². The van der Waals surface area contributed by atoms with Gasteiger partial charge in [0.1, 0.15) is 0 Å². The van der Waals surface area contributed by atoms with Crippen LogP contribution in [0.15, 0.2) is 0 Å². The number of hydrogen-bond acceptors (Lipinski definition) is 2. The van der Waals surface area contributed by atoms with Crippen molar-refractivity contribution in [2.75, 3.05) is 13.2 Å². The lowest BCUT2D eigenvalue weighted by molar-refractivity contribution is -0.132. The van der Waals surface area contributed by atoms with Crippen LogP contribution in [-0.2, 0) is 4.79 Å². The van der Waals surface area contributed by atoms with Crippen LogP contribution in [0, 0.1) is 5.92 Å². The first-order valence-corrected chi connectivity index (χ1v) is 4.59. The first kappa shape index (κ1) is 9.52. The van der Waals surface area contributed by atoms with E-state index in [-0.39, 0.29) is 18.6 Å². The third-order valence-corrected chi connectivity index (χ3v) is 2.46. The number of amides is 1. The Labute approximate surface area is 73.4 Å². The predicted molar refractivity (Wildman–Crippen MR) is 46.7 cm³/mol. The van der Waals surface area contributed by atoms with E-state index in [0.29, 0.717) is 12.3 Å². The minimum absolute atomic E-state index is 0.0763. The number of carbonyl (C=O) groups is 1. The van der Waals surface area contributed by atoms with Gasteiger partial charge in [0.15, 0.2) is 0 Å². The van der Waals surface area contributed by atoms with Crippen molar-refractivity contribution in [3.05, 3.63) is 0 Å². The lowest BCUT2D eigenvalue weighted by Gasteiger charge is -2.22. The normalized spacial score (nSPS) is 29.4. The molecule has 2 unspecified atom stereocenters. The summed E-state index contributed by atoms with van der Waals surface area (Å²) in [7, 11) is 0. The SMILES string of the molecule is CCC(=O)N1CC(C)CC1CO. The summed E-state index contributed by atoms with van der Waals surface area (Å²) in [6.45, 7) is 4.90. The number of hydrogen-bond donors (Lipinski definition) is 1. The molecule has 0 bridgehead atoms. The maximum absolute atomic E-state index is 11.3. The Morgan fingerprint density at radius 3 is 2.83 bits per heavy atom. The monoisotopic (exact) mass is 171 g/mol. The molecule has 0 aromatic rings. The summed E-state index contributed by atoms with van der Waals surface area (Å²) in [4.78, 5) is 13.2. The van der Waals surface area contributed by atoms with Crippen molar-refractivity contribution in [3.63, 3.8) is 0 Å². The maximum Gasteiger partial charge on any atom is 0.222 e. The standard InChI is InChI=1S/C9H17NO2/c1-3-9(12)10-5-7(2)4-8(10)6-11/h7-8,11H,3-6H2,1-2H3. The number of likely N-dealkylation sites (tertiary alicyclic amines) is 1. The van der Waals surface area contributed by atoms with Crippen molar-refractivity contribution in [1.82, 2.24) is 4.90 Å². The molecule has 12 heavy (non-hydrogen) atoms. The molecule has 0 aromatic carbocycles. The number of aliphatic hydroxyl groups is 1. The lowest BCUT2D eigenvalue weighted by Crippen LogP contribution is -2.37. The molecule has 0 aliphatic carbocycles. The molecule has 0 aromatic heterocycles. The number of aliphatic hydroxyl groups excluding tert-OH is 1. The van der Waals surface area contributed by atoms with Gasteiger partial charge in [-0.25, -0.2) is 0 Å². The smallest absolute Gasteiger partial charge is 0.222 e. The third kappa shape index (κ3) is 1.78. The predicted octanol–water partition coefficient (Wildman–Crippen LogP) is 0.626. The first-order chi connectivity index (χ1) is 5.69. The Balaban J connectivity index is 2.57. The number of carbonyl (C=O) groups excluding carboxylic acids is 1. The summed E-state index contributed by atoms with van der Waals surface area (Å²) in [6.07, 6.45) is 1.49. The highest BCUT2D eigenvalue weighted by Crippen LogP contribution is 2.22. The Morgan fingerprint density at radius 2 is 2.33 bits per heavy atom. The number of rotatable bonds is 2. The largest absolute Gasteiger partial charge is 0.394 e.